The number of nitriles is 1. The molecule has 2 aromatic carbocycles. The summed E-state index contributed by atoms with van der Waals surface area (Å²) in [6.07, 6.45) is 1.71. The molecule has 5 nitrogen and oxygen atoms in total. The highest BCUT2D eigenvalue weighted by atomic mass is 79.9. The fourth-order valence-electron chi connectivity index (χ4n) is 2.05. The number of hydrogen-bond donors (Lipinski definition) is 0. The average Bonchev–Trinajstić information content (AvgIpc) is 2.56. The lowest BCUT2D eigenvalue weighted by molar-refractivity contribution is -0.384. The molecule has 24 heavy (non-hydrogen) atoms. The molecular formula is C17H12Br2N2O3. The number of ether oxygens (including phenoxy) is 1. The number of rotatable bonds is 5. The van der Waals surface area contributed by atoms with Gasteiger partial charge in [0.1, 0.15) is 5.75 Å². The molecule has 0 aliphatic rings. The van der Waals surface area contributed by atoms with E-state index < -0.39 is 4.92 Å². The second-order valence-electron chi connectivity index (χ2n) is 4.72. The largest absolute Gasteiger partial charge is 0.492 e. The molecule has 0 saturated carbocycles. The van der Waals surface area contributed by atoms with Crippen LogP contribution in [0.3, 0.4) is 0 Å². The number of nitrogens with zero attached hydrogens (tertiary/aromatic N) is 2. The number of benzene rings is 2. The normalized spacial score (nSPS) is 11.0. The second-order valence-corrected chi connectivity index (χ2v) is 6.43. The van der Waals surface area contributed by atoms with Crippen LogP contribution in [0.5, 0.6) is 5.75 Å². The maximum Gasteiger partial charge on any atom is 0.269 e. The van der Waals surface area contributed by atoms with Gasteiger partial charge in [-0.15, -0.1) is 0 Å². The summed E-state index contributed by atoms with van der Waals surface area (Å²) >= 11 is 6.90. The molecule has 0 aromatic heterocycles. The van der Waals surface area contributed by atoms with E-state index in [-0.39, 0.29) is 5.69 Å². The number of nitro benzene ring substituents is 1. The zero-order chi connectivity index (χ0) is 17.7. The summed E-state index contributed by atoms with van der Waals surface area (Å²) in [5.41, 5.74) is 1.81. The zero-order valence-corrected chi connectivity index (χ0v) is 15.8. The summed E-state index contributed by atoms with van der Waals surface area (Å²) in [6, 6.07) is 11.7. The molecule has 0 fully saturated rings. The highest BCUT2D eigenvalue weighted by molar-refractivity contribution is 9.11. The van der Waals surface area contributed by atoms with Crippen LogP contribution in [0.2, 0.25) is 0 Å². The highest BCUT2D eigenvalue weighted by Gasteiger charge is 2.10. The lowest BCUT2D eigenvalue weighted by Gasteiger charge is -2.09. The van der Waals surface area contributed by atoms with Crippen LogP contribution in [0, 0.1) is 21.4 Å². The van der Waals surface area contributed by atoms with Crippen LogP contribution in [-0.4, -0.2) is 11.5 Å². The van der Waals surface area contributed by atoms with Gasteiger partial charge >= 0.3 is 0 Å². The van der Waals surface area contributed by atoms with Crippen molar-refractivity contribution in [1.82, 2.24) is 0 Å². The Morgan fingerprint density at radius 3 is 2.33 bits per heavy atom. The maximum absolute atomic E-state index is 10.7. The molecule has 0 unspecified atom stereocenters. The monoisotopic (exact) mass is 450 g/mol. The molecule has 122 valence electrons. The Morgan fingerprint density at radius 1 is 1.29 bits per heavy atom. The van der Waals surface area contributed by atoms with Crippen molar-refractivity contribution in [2.24, 2.45) is 0 Å². The molecule has 7 heteroatoms. The molecular weight excluding hydrogens is 440 g/mol. The molecule has 0 atom stereocenters. The quantitative estimate of drug-likeness (QED) is 0.257. The molecule has 2 rings (SSSR count). The van der Waals surface area contributed by atoms with E-state index in [1.165, 1.54) is 12.1 Å². The Balaban J connectivity index is 2.40. The van der Waals surface area contributed by atoms with Crippen molar-refractivity contribution in [3.8, 4) is 11.8 Å². The van der Waals surface area contributed by atoms with Crippen LogP contribution >= 0.6 is 31.9 Å². The van der Waals surface area contributed by atoms with E-state index in [4.69, 9.17) is 4.74 Å². The second kappa shape index (κ2) is 8.08. The summed E-state index contributed by atoms with van der Waals surface area (Å²) in [4.78, 5) is 10.2. The Morgan fingerprint density at radius 2 is 1.88 bits per heavy atom. The number of hydrogen-bond acceptors (Lipinski definition) is 4. The maximum atomic E-state index is 10.7. The van der Waals surface area contributed by atoms with E-state index in [2.05, 4.69) is 37.9 Å². The van der Waals surface area contributed by atoms with Crippen LogP contribution in [-0.2, 0) is 0 Å². The van der Waals surface area contributed by atoms with E-state index in [9.17, 15) is 15.4 Å². The molecule has 0 aliphatic heterocycles. The van der Waals surface area contributed by atoms with E-state index >= 15 is 0 Å². The van der Waals surface area contributed by atoms with Gasteiger partial charge in [0, 0.05) is 12.1 Å². The highest BCUT2D eigenvalue weighted by Crippen LogP contribution is 2.35. The number of halogens is 2. The van der Waals surface area contributed by atoms with Crippen LogP contribution in [0.4, 0.5) is 5.69 Å². The third kappa shape index (κ3) is 4.22. The predicted molar refractivity (Wildman–Crippen MR) is 99.6 cm³/mol. The van der Waals surface area contributed by atoms with Gasteiger partial charge in [-0.3, -0.25) is 10.1 Å². The van der Waals surface area contributed by atoms with Crippen molar-refractivity contribution in [1.29, 1.82) is 5.26 Å². The molecule has 0 spiro atoms. The molecule has 0 N–H and O–H groups in total. The minimum Gasteiger partial charge on any atom is -0.492 e. The fourth-order valence-corrected chi connectivity index (χ4v) is 3.51. The molecule has 0 radical (unpaired) electrons. The number of nitro groups is 1. The van der Waals surface area contributed by atoms with Crippen molar-refractivity contribution in [3.63, 3.8) is 0 Å². The number of non-ortho nitro benzene ring substituents is 1. The van der Waals surface area contributed by atoms with Crippen molar-refractivity contribution in [2.45, 2.75) is 6.92 Å². The topological polar surface area (TPSA) is 76.2 Å². The van der Waals surface area contributed by atoms with Gasteiger partial charge in [0.15, 0.2) is 0 Å². The summed E-state index contributed by atoms with van der Waals surface area (Å²) < 4.78 is 7.07. The molecule has 0 amide bonds. The lowest BCUT2D eigenvalue weighted by atomic mass is 10.0. The molecule has 0 heterocycles. The Kier molecular flexibility index (Phi) is 6.12. The first-order valence-electron chi connectivity index (χ1n) is 6.94. The van der Waals surface area contributed by atoms with Crippen molar-refractivity contribution < 1.29 is 9.66 Å². The minimum absolute atomic E-state index is 0.0115. The van der Waals surface area contributed by atoms with E-state index in [0.717, 1.165) is 14.5 Å². The van der Waals surface area contributed by atoms with Gasteiger partial charge in [-0.05, 0) is 80.3 Å². The summed E-state index contributed by atoms with van der Waals surface area (Å²) in [7, 11) is 0. The van der Waals surface area contributed by atoms with Gasteiger partial charge in [-0.1, -0.05) is 0 Å². The van der Waals surface area contributed by atoms with Crippen molar-refractivity contribution in [3.05, 3.63) is 66.6 Å². The van der Waals surface area contributed by atoms with Crippen LogP contribution in [0.1, 0.15) is 18.1 Å². The van der Waals surface area contributed by atoms with E-state index in [0.29, 0.717) is 23.5 Å². The van der Waals surface area contributed by atoms with E-state index in [1.807, 2.05) is 19.1 Å². The predicted octanol–water partition coefficient (Wildman–Crippen LogP) is 5.58. The molecule has 0 saturated heterocycles. The average molecular weight is 452 g/mol. The van der Waals surface area contributed by atoms with Crippen molar-refractivity contribution >= 4 is 49.2 Å². The van der Waals surface area contributed by atoms with Gasteiger partial charge in [0.2, 0.25) is 0 Å². The van der Waals surface area contributed by atoms with Gasteiger partial charge in [-0.25, -0.2) is 0 Å². The zero-order valence-electron chi connectivity index (χ0n) is 12.6. The molecule has 0 bridgehead atoms. The fraction of sp³-hybridized carbons (Fsp3) is 0.118. The van der Waals surface area contributed by atoms with Gasteiger partial charge in [0.05, 0.1) is 32.1 Å². The van der Waals surface area contributed by atoms with Crippen LogP contribution in [0.15, 0.2) is 45.3 Å². The Bertz CT molecular complexity index is 817. The number of allylic oxidation sites excluding steroid dienone is 1. The van der Waals surface area contributed by atoms with E-state index in [1.54, 1.807) is 18.2 Å². The summed E-state index contributed by atoms with van der Waals surface area (Å²) in [5, 5.41) is 20.1. The third-order valence-corrected chi connectivity index (χ3v) is 4.31. The Hall–Kier alpha value is -2.17. The standard InChI is InChI=1S/C17H12Br2N2O3/c1-2-24-17-15(18)8-11(9-16(17)19)7-13(10-20)12-3-5-14(6-4-12)21(22)23/h3-9H,2H2,1H3/b13-7+. The first-order valence-corrected chi connectivity index (χ1v) is 8.53. The smallest absolute Gasteiger partial charge is 0.269 e. The van der Waals surface area contributed by atoms with Crippen LogP contribution < -0.4 is 4.74 Å². The summed E-state index contributed by atoms with van der Waals surface area (Å²) in [5.74, 6) is 0.698. The van der Waals surface area contributed by atoms with Crippen molar-refractivity contribution in [2.75, 3.05) is 6.61 Å². The first kappa shape index (κ1) is 18.2. The Labute approximate surface area is 156 Å². The van der Waals surface area contributed by atoms with Crippen LogP contribution in [0.25, 0.3) is 11.6 Å². The minimum atomic E-state index is -0.472. The van der Waals surface area contributed by atoms with Gasteiger partial charge in [0.25, 0.3) is 5.69 Å². The third-order valence-electron chi connectivity index (χ3n) is 3.13. The lowest BCUT2D eigenvalue weighted by Crippen LogP contribution is -1.94. The summed E-state index contributed by atoms with van der Waals surface area (Å²) in [6.45, 7) is 2.44. The van der Waals surface area contributed by atoms with Gasteiger partial charge < -0.3 is 4.74 Å². The molecule has 2 aromatic rings. The first-order chi connectivity index (χ1) is 11.5. The molecule has 0 aliphatic carbocycles. The SMILES string of the molecule is CCOc1c(Br)cc(/C=C(\C#N)c2ccc([N+](=O)[O-])cc2)cc1Br. The van der Waals surface area contributed by atoms with Gasteiger partial charge in [-0.2, -0.15) is 5.26 Å².